The Kier molecular flexibility index (Phi) is 3.78. The average molecular weight is 291 g/mol. The van der Waals surface area contributed by atoms with Gasteiger partial charge in [0.25, 0.3) is 5.91 Å². The van der Waals surface area contributed by atoms with Gasteiger partial charge in [0.1, 0.15) is 5.69 Å². The summed E-state index contributed by atoms with van der Waals surface area (Å²) in [7, 11) is 0. The van der Waals surface area contributed by atoms with E-state index in [1.807, 2.05) is 24.8 Å². The predicted octanol–water partition coefficient (Wildman–Crippen LogP) is 1.98. The minimum atomic E-state index is -0.532. The maximum absolute atomic E-state index is 12.8. The van der Waals surface area contributed by atoms with Crippen LogP contribution >= 0.6 is 0 Å². The average Bonchev–Trinajstić information content (AvgIpc) is 2.86. The molecule has 2 aliphatic rings. The lowest BCUT2D eigenvalue weighted by Crippen LogP contribution is -2.54. The molecular formula is C16H25N3O2. The Morgan fingerprint density at radius 3 is 3.05 bits per heavy atom. The second kappa shape index (κ2) is 5.44. The van der Waals surface area contributed by atoms with E-state index in [9.17, 15) is 9.90 Å². The maximum atomic E-state index is 12.8. The first-order valence-corrected chi connectivity index (χ1v) is 8.09. The normalized spacial score (nSPS) is 29.3. The van der Waals surface area contributed by atoms with Crippen LogP contribution < -0.4 is 0 Å². The van der Waals surface area contributed by atoms with Crippen LogP contribution in [-0.2, 0) is 6.54 Å². The predicted molar refractivity (Wildman–Crippen MR) is 80.1 cm³/mol. The van der Waals surface area contributed by atoms with Gasteiger partial charge in [-0.25, -0.2) is 0 Å². The van der Waals surface area contributed by atoms with E-state index in [4.69, 9.17) is 0 Å². The molecule has 0 radical (unpaired) electrons. The molecule has 0 aromatic carbocycles. The molecule has 1 aliphatic carbocycles. The van der Waals surface area contributed by atoms with E-state index in [0.717, 1.165) is 25.0 Å². The van der Waals surface area contributed by atoms with Gasteiger partial charge in [0, 0.05) is 25.6 Å². The Bertz CT molecular complexity index is 540. The first kappa shape index (κ1) is 14.6. The highest BCUT2D eigenvalue weighted by molar-refractivity contribution is 5.92. The standard InChI is InChI=1S/C16H25N3O2/c1-3-19-14(10-12(2)17-19)15(20)18-9-8-16(21)7-5-4-6-13(16)11-18/h10,13,21H,3-9,11H2,1-2H3. The minimum absolute atomic E-state index is 0.0603. The van der Waals surface area contributed by atoms with Crippen LogP contribution in [0.1, 0.15) is 55.2 Å². The van der Waals surface area contributed by atoms with Gasteiger partial charge in [-0.3, -0.25) is 9.48 Å². The topological polar surface area (TPSA) is 58.4 Å². The number of fused-ring (bicyclic) bond motifs is 1. The second-order valence-electron chi connectivity index (χ2n) is 6.53. The van der Waals surface area contributed by atoms with Crippen molar-refractivity contribution in [3.63, 3.8) is 0 Å². The van der Waals surface area contributed by atoms with Gasteiger partial charge < -0.3 is 10.0 Å². The van der Waals surface area contributed by atoms with E-state index in [1.54, 1.807) is 4.68 Å². The Hall–Kier alpha value is -1.36. The third kappa shape index (κ3) is 2.59. The summed E-state index contributed by atoms with van der Waals surface area (Å²) in [5, 5.41) is 15.1. The van der Waals surface area contributed by atoms with Crippen LogP contribution in [0.4, 0.5) is 0 Å². The molecule has 5 heteroatoms. The molecule has 2 unspecified atom stereocenters. The van der Waals surface area contributed by atoms with E-state index < -0.39 is 5.60 Å². The molecule has 0 spiro atoms. The quantitative estimate of drug-likeness (QED) is 0.906. The molecule has 116 valence electrons. The molecule has 5 nitrogen and oxygen atoms in total. The summed E-state index contributed by atoms with van der Waals surface area (Å²) in [6.45, 7) is 5.96. The van der Waals surface area contributed by atoms with E-state index in [0.29, 0.717) is 31.7 Å². The fraction of sp³-hybridized carbons (Fsp3) is 0.750. The zero-order valence-corrected chi connectivity index (χ0v) is 13.0. The van der Waals surface area contributed by atoms with Crippen LogP contribution in [-0.4, -0.2) is 44.4 Å². The lowest BCUT2D eigenvalue weighted by Gasteiger charge is -2.47. The van der Waals surface area contributed by atoms with Crippen molar-refractivity contribution in [1.29, 1.82) is 0 Å². The number of piperidine rings is 1. The van der Waals surface area contributed by atoms with Crippen LogP contribution in [0, 0.1) is 12.8 Å². The molecule has 2 heterocycles. The number of hydrogen-bond donors (Lipinski definition) is 1. The van der Waals surface area contributed by atoms with Crippen LogP contribution in [0.5, 0.6) is 0 Å². The fourth-order valence-corrected chi connectivity index (χ4v) is 3.88. The number of aryl methyl sites for hydroxylation is 2. The number of carbonyl (C=O) groups excluding carboxylic acids is 1. The van der Waals surface area contributed by atoms with Crippen molar-refractivity contribution in [1.82, 2.24) is 14.7 Å². The van der Waals surface area contributed by atoms with Crippen molar-refractivity contribution >= 4 is 5.91 Å². The number of aromatic nitrogens is 2. The van der Waals surface area contributed by atoms with Crippen LogP contribution in [0.3, 0.4) is 0 Å². The molecule has 1 saturated heterocycles. The van der Waals surface area contributed by atoms with Crippen molar-refractivity contribution in [2.45, 2.75) is 58.1 Å². The molecule has 1 aromatic rings. The first-order chi connectivity index (χ1) is 10.0. The summed E-state index contributed by atoms with van der Waals surface area (Å²) in [4.78, 5) is 14.7. The molecule has 21 heavy (non-hydrogen) atoms. The van der Waals surface area contributed by atoms with Crippen molar-refractivity contribution in [3.05, 3.63) is 17.5 Å². The molecule has 2 atom stereocenters. The van der Waals surface area contributed by atoms with Gasteiger partial charge in [0.05, 0.1) is 11.3 Å². The van der Waals surface area contributed by atoms with Crippen molar-refractivity contribution in [3.8, 4) is 0 Å². The summed E-state index contributed by atoms with van der Waals surface area (Å²) < 4.78 is 1.78. The highest BCUT2D eigenvalue weighted by atomic mass is 16.3. The molecule has 0 bridgehead atoms. The monoisotopic (exact) mass is 291 g/mol. The van der Waals surface area contributed by atoms with Gasteiger partial charge in [0.2, 0.25) is 0 Å². The first-order valence-electron chi connectivity index (χ1n) is 8.09. The maximum Gasteiger partial charge on any atom is 0.272 e. The largest absolute Gasteiger partial charge is 0.389 e. The van der Waals surface area contributed by atoms with E-state index in [2.05, 4.69) is 5.10 Å². The second-order valence-corrected chi connectivity index (χ2v) is 6.53. The third-order valence-corrected chi connectivity index (χ3v) is 5.14. The Labute approximate surface area is 125 Å². The molecular weight excluding hydrogens is 266 g/mol. The van der Waals surface area contributed by atoms with Crippen molar-refractivity contribution < 1.29 is 9.90 Å². The molecule has 2 fully saturated rings. The van der Waals surface area contributed by atoms with Gasteiger partial charge in [-0.15, -0.1) is 0 Å². The van der Waals surface area contributed by atoms with Gasteiger partial charge >= 0.3 is 0 Å². The molecule has 1 aliphatic heterocycles. The number of rotatable bonds is 2. The van der Waals surface area contributed by atoms with Gasteiger partial charge in [-0.1, -0.05) is 12.8 Å². The molecule has 1 saturated carbocycles. The summed E-state index contributed by atoms with van der Waals surface area (Å²) in [6, 6.07) is 1.87. The number of carbonyl (C=O) groups is 1. The molecule has 1 N–H and O–H groups in total. The van der Waals surface area contributed by atoms with Gasteiger partial charge in [-0.2, -0.15) is 5.10 Å². The van der Waals surface area contributed by atoms with Crippen LogP contribution in [0.25, 0.3) is 0 Å². The highest BCUT2D eigenvalue weighted by Crippen LogP contribution is 2.40. The molecule has 1 aromatic heterocycles. The van der Waals surface area contributed by atoms with Crippen LogP contribution in [0.15, 0.2) is 6.07 Å². The Morgan fingerprint density at radius 2 is 2.29 bits per heavy atom. The highest BCUT2D eigenvalue weighted by Gasteiger charge is 2.44. The molecule has 1 amide bonds. The number of hydrogen-bond acceptors (Lipinski definition) is 3. The third-order valence-electron chi connectivity index (χ3n) is 5.14. The SMILES string of the molecule is CCn1nc(C)cc1C(=O)N1CCC2(O)CCCCC2C1. The zero-order chi connectivity index (χ0) is 15.0. The summed E-state index contributed by atoms with van der Waals surface area (Å²) in [5.41, 5.74) is 1.03. The van der Waals surface area contributed by atoms with Gasteiger partial charge in [0.15, 0.2) is 0 Å². The number of nitrogens with zero attached hydrogens (tertiary/aromatic N) is 3. The Morgan fingerprint density at radius 1 is 1.48 bits per heavy atom. The summed E-state index contributed by atoms with van der Waals surface area (Å²) >= 11 is 0. The molecule has 3 rings (SSSR count). The number of amides is 1. The van der Waals surface area contributed by atoms with Gasteiger partial charge in [-0.05, 0) is 39.2 Å². The lowest BCUT2D eigenvalue weighted by molar-refractivity contribution is -0.0887. The fourth-order valence-electron chi connectivity index (χ4n) is 3.88. The van der Waals surface area contributed by atoms with E-state index in [-0.39, 0.29) is 11.8 Å². The van der Waals surface area contributed by atoms with E-state index >= 15 is 0 Å². The minimum Gasteiger partial charge on any atom is -0.389 e. The Balaban J connectivity index is 1.77. The number of aliphatic hydroxyl groups is 1. The van der Waals surface area contributed by atoms with Crippen LogP contribution in [0.2, 0.25) is 0 Å². The van der Waals surface area contributed by atoms with Crippen molar-refractivity contribution in [2.24, 2.45) is 5.92 Å². The smallest absolute Gasteiger partial charge is 0.272 e. The van der Waals surface area contributed by atoms with Crippen molar-refractivity contribution in [2.75, 3.05) is 13.1 Å². The summed E-state index contributed by atoms with van der Waals surface area (Å²) in [6.07, 6.45) is 4.92. The number of likely N-dealkylation sites (tertiary alicyclic amines) is 1. The lowest BCUT2D eigenvalue weighted by atomic mass is 9.71. The zero-order valence-electron chi connectivity index (χ0n) is 13.0. The van der Waals surface area contributed by atoms with E-state index in [1.165, 1.54) is 6.42 Å². The summed E-state index contributed by atoms with van der Waals surface area (Å²) in [5.74, 6) is 0.299.